The minimum Gasteiger partial charge on any atom is -0.484 e. The van der Waals surface area contributed by atoms with Gasteiger partial charge in [-0.25, -0.2) is 0 Å². The average Bonchev–Trinajstić information content (AvgIpc) is 2.57. The van der Waals surface area contributed by atoms with E-state index in [1.165, 1.54) is 0 Å². The van der Waals surface area contributed by atoms with Gasteiger partial charge < -0.3 is 14.2 Å². The molecular formula is C13H24O4. The fourth-order valence-electron chi connectivity index (χ4n) is 1.35. The first-order valence-corrected chi connectivity index (χ1v) is 6.29. The van der Waals surface area contributed by atoms with Gasteiger partial charge in [0.1, 0.15) is 12.4 Å². The van der Waals surface area contributed by atoms with Crippen molar-refractivity contribution in [3.63, 3.8) is 0 Å². The van der Waals surface area contributed by atoms with Crippen molar-refractivity contribution >= 4 is 5.78 Å². The Hall–Kier alpha value is -1.03. The first-order valence-electron chi connectivity index (χ1n) is 6.29. The predicted octanol–water partition coefficient (Wildman–Crippen LogP) is 2.68. The molecule has 1 aliphatic rings. The molecule has 0 aromatic carbocycles. The van der Waals surface area contributed by atoms with E-state index >= 15 is 0 Å². The van der Waals surface area contributed by atoms with E-state index < -0.39 is 6.10 Å². The molecule has 0 bridgehead atoms. The quantitative estimate of drug-likeness (QED) is 0.674. The topological polar surface area (TPSA) is 44.8 Å². The van der Waals surface area contributed by atoms with E-state index in [4.69, 9.17) is 14.2 Å². The zero-order chi connectivity index (χ0) is 13.3. The number of ether oxygens (including phenoxy) is 3. The number of ketones is 1. The maximum Gasteiger partial charge on any atom is 0.240 e. The lowest BCUT2D eigenvalue weighted by Gasteiger charge is -2.05. The van der Waals surface area contributed by atoms with Crippen molar-refractivity contribution in [1.82, 2.24) is 0 Å². The molecule has 4 heteroatoms. The van der Waals surface area contributed by atoms with Crippen LogP contribution in [-0.4, -0.2) is 31.7 Å². The average molecular weight is 244 g/mol. The van der Waals surface area contributed by atoms with Crippen LogP contribution in [0.2, 0.25) is 0 Å². The molecule has 1 rings (SSSR count). The van der Waals surface area contributed by atoms with E-state index in [1.54, 1.807) is 13.8 Å². The summed E-state index contributed by atoms with van der Waals surface area (Å²) in [6, 6.07) is 0. The maximum atomic E-state index is 11.5. The van der Waals surface area contributed by atoms with E-state index in [1.807, 2.05) is 20.8 Å². The van der Waals surface area contributed by atoms with Crippen molar-refractivity contribution in [2.24, 2.45) is 0 Å². The summed E-state index contributed by atoms with van der Waals surface area (Å²) in [7, 11) is 0. The molecule has 4 nitrogen and oxygen atoms in total. The maximum absolute atomic E-state index is 11.5. The van der Waals surface area contributed by atoms with E-state index in [-0.39, 0.29) is 5.78 Å². The second-order valence-electron chi connectivity index (χ2n) is 3.47. The van der Waals surface area contributed by atoms with Crippen LogP contribution in [0.4, 0.5) is 0 Å². The van der Waals surface area contributed by atoms with Crippen molar-refractivity contribution in [1.29, 1.82) is 0 Å². The lowest BCUT2D eigenvalue weighted by molar-refractivity contribution is -0.123. The molecule has 0 aliphatic carbocycles. The van der Waals surface area contributed by atoms with Gasteiger partial charge in [0.25, 0.3) is 0 Å². The van der Waals surface area contributed by atoms with Gasteiger partial charge in [-0.3, -0.25) is 4.79 Å². The number of carbonyl (C=O) groups excluding carboxylic acids is 1. The standard InChI is InChI=1S/C11H18O4.C2H6/c1-4-5-13-6-7-14-11-9(3)15-8(2)10(11)12;1-2/h8H,4-7H2,1-3H3;1-2H3. The van der Waals surface area contributed by atoms with Gasteiger partial charge in [-0.15, -0.1) is 0 Å². The summed E-state index contributed by atoms with van der Waals surface area (Å²) in [6.45, 7) is 11.1. The number of hydrogen-bond acceptors (Lipinski definition) is 4. The first kappa shape index (κ1) is 16.0. The summed E-state index contributed by atoms with van der Waals surface area (Å²) in [5, 5.41) is 0. The predicted molar refractivity (Wildman–Crippen MR) is 66.7 cm³/mol. The molecule has 0 spiro atoms. The summed E-state index contributed by atoms with van der Waals surface area (Å²) in [6.07, 6.45) is 0.581. The Kier molecular flexibility index (Phi) is 8.50. The van der Waals surface area contributed by atoms with Crippen molar-refractivity contribution in [2.75, 3.05) is 19.8 Å². The van der Waals surface area contributed by atoms with Crippen LogP contribution in [0.25, 0.3) is 0 Å². The molecule has 0 aromatic rings. The highest BCUT2D eigenvalue weighted by atomic mass is 16.6. The molecule has 1 heterocycles. The number of hydrogen-bond donors (Lipinski definition) is 0. The molecule has 0 saturated carbocycles. The van der Waals surface area contributed by atoms with Gasteiger partial charge in [0, 0.05) is 6.61 Å². The monoisotopic (exact) mass is 244 g/mol. The molecule has 1 aliphatic heterocycles. The molecule has 0 amide bonds. The zero-order valence-corrected chi connectivity index (χ0v) is 11.5. The molecule has 0 radical (unpaired) electrons. The van der Waals surface area contributed by atoms with Crippen molar-refractivity contribution in [3.8, 4) is 0 Å². The summed E-state index contributed by atoms with van der Waals surface area (Å²) in [4.78, 5) is 11.5. The van der Waals surface area contributed by atoms with Gasteiger partial charge in [0.2, 0.25) is 11.5 Å². The van der Waals surface area contributed by atoms with Crippen LogP contribution in [0.1, 0.15) is 41.0 Å². The molecular weight excluding hydrogens is 220 g/mol. The lowest BCUT2D eigenvalue weighted by atomic mass is 10.2. The second-order valence-corrected chi connectivity index (χ2v) is 3.47. The summed E-state index contributed by atoms with van der Waals surface area (Å²) >= 11 is 0. The van der Waals surface area contributed by atoms with Crippen LogP contribution in [-0.2, 0) is 19.0 Å². The van der Waals surface area contributed by atoms with Gasteiger partial charge in [-0.05, 0) is 20.3 Å². The molecule has 0 fully saturated rings. The Bertz CT molecular complexity index is 258. The Morgan fingerprint density at radius 1 is 1.24 bits per heavy atom. The Morgan fingerprint density at radius 2 is 1.88 bits per heavy atom. The van der Waals surface area contributed by atoms with Gasteiger partial charge >= 0.3 is 0 Å². The molecule has 1 unspecified atom stereocenters. The van der Waals surface area contributed by atoms with Crippen molar-refractivity contribution in [2.45, 2.75) is 47.1 Å². The number of rotatable bonds is 6. The van der Waals surface area contributed by atoms with Crippen LogP contribution in [0.3, 0.4) is 0 Å². The second kappa shape index (κ2) is 9.05. The lowest BCUT2D eigenvalue weighted by Crippen LogP contribution is -2.16. The third-order valence-electron chi connectivity index (χ3n) is 2.09. The van der Waals surface area contributed by atoms with E-state index in [0.717, 1.165) is 13.0 Å². The molecule has 0 aromatic heterocycles. The van der Waals surface area contributed by atoms with Crippen LogP contribution >= 0.6 is 0 Å². The van der Waals surface area contributed by atoms with Crippen molar-refractivity contribution < 1.29 is 19.0 Å². The minimum absolute atomic E-state index is 0.0806. The fraction of sp³-hybridized carbons (Fsp3) is 0.769. The SMILES string of the molecule is CC.CCCOCCOC1=C(C)OC(C)C1=O. The van der Waals surface area contributed by atoms with E-state index in [2.05, 4.69) is 0 Å². The number of carbonyl (C=O) groups is 1. The van der Waals surface area contributed by atoms with E-state index in [0.29, 0.717) is 24.7 Å². The summed E-state index contributed by atoms with van der Waals surface area (Å²) in [5.74, 6) is 0.841. The normalized spacial score (nSPS) is 18.6. The molecule has 17 heavy (non-hydrogen) atoms. The number of allylic oxidation sites excluding steroid dienone is 1. The third kappa shape index (κ3) is 5.22. The minimum atomic E-state index is -0.406. The largest absolute Gasteiger partial charge is 0.484 e. The highest BCUT2D eigenvalue weighted by Crippen LogP contribution is 2.21. The highest BCUT2D eigenvalue weighted by Gasteiger charge is 2.30. The zero-order valence-electron chi connectivity index (χ0n) is 11.5. The molecule has 100 valence electrons. The fourth-order valence-corrected chi connectivity index (χ4v) is 1.35. The van der Waals surface area contributed by atoms with Gasteiger partial charge in [0.15, 0.2) is 6.10 Å². The van der Waals surface area contributed by atoms with Crippen LogP contribution in [0.15, 0.2) is 11.5 Å². The van der Waals surface area contributed by atoms with E-state index in [9.17, 15) is 4.79 Å². The Balaban J connectivity index is 0.00000121. The molecule has 0 saturated heterocycles. The van der Waals surface area contributed by atoms with Gasteiger partial charge in [-0.1, -0.05) is 20.8 Å². The summed E-state index contributed by atoms with van der Waals surface area (Å²) in [5.41, 5.74) is 0. The van der Waals surface area contributed by atoms with Gasteiger partial charge in [0.05, 0.1) is 6.61 Å². The summed E-state index contributed by atoms with van der Waals surface area (Å²) < 4.78 is 15.8. The molecule has 0 N–H and O–H groups in total. The van der Waals surface area contributed by atoms with Crippen LogP contribution in [0, 0.1) is 0 Å². The smallest absolute Gasteiger partial charge is 0.240 e. The first-order chi connectivity index (χ1) is 8.16. The molecule has 1 atom stereocenters. The third-order valence-corrected chi connectivity index (χ3v) is 2.09. The van der Waals surface area contributed by atoms with Crippen LogP contribution in [0.5, 0.6) is 0 Å². The Labute approximate surface area is 104 Å². The Morgan fingerprint density at radius 3 is 2.35 bits per heavy atom. The van der Waals surface area contributed by atoms with Crippen LogP contribution < -0.4 is 0 Å². The highest BCUT2D eigenvalue weighted by molar-refractivity contribution is 5.99. The van der Waals surface area contributed by atoms with Crippen molar-refractivity contribution in [3.05, 3.63) is 11.5 Å². The van der Waals surface area contributed by atoms with Gasteiger partial charge in [-0.2, -0.15) is 0 Å². The number of Topliss-reactive ketones (excluding diaryl/α,β-unsaturated/α-hetero) is 1.